The van der Waals surface area contributed by atoms with Crippen LogP contribution in [0.25, 0.3) is 16.9 Å². The minimum absolute atomic E-state index is 0.0259. The smallest absolute Gasteiger partial charge is 0.248 e. The summed E-state index contributed by atoms with van der Waals surface area (Å²) in [5.41, 5.74) is 2.79. The van der Waals surface area contributed by atoms with Gasteiger partial charge in [0.25, 0.3) is 0 Å². The number of hydrogen-bond donors (Lipinski definition) is 0. The summed E-state index contributed by atoms with van der Waals surface area (Å²) in [7, 11) is 1.54. The molecule has 1 saturated heterocycles. The van der Waals surface area contributed by atoms with E-state index in [0.29, 0.717) is 13.1 Å². The summed E-state index contributed by atoms with van der Waals surface area (Å²) in [6.07, 6.45) is 9.11. The lowest BCUT2D eigenvalue weighted by Crippen LogP contribution is -2.50. The van der Waals surface area contributed by atoms with E-state index in [1.807, 2.05) is 40.0 Å². The minimum atomic E-state index is 0.0259. The molecule has 1 aliphatic heterocycles. The van der Waals surface area contributed by atoms with E-state index >= 15 is 0 Å². The first-order valence-electron chi connectivity index (χ1n) is 8.52. The van der Waals surface area contributed by atoms with Crippen LogP contribution >= 0.6 is 0 Å². The maximum absolute atomic E-state index is 12.0. The van der Waals surface area contributed by atoms with Gasteiger partial charge in [0.15, 0.2) is 11.5 Å². The van der Waals surface area contributed by atoms with Gasteiger partial charge < -0.3 is 14.5 Å². The average Bonchev–Trinajstić information content (AvgIpc) is 3.13. The first kappa shape index (κ1) is 16.5. The number of carbonyl (C=O) groups is 1. The van der Waals surface area contributed by atoms with Gasteiger partial charge in [0.1, 0.15) is 6.61 Å². The Labute approximate surface area is 151 Å². The Morgan fingerprint density at radius 3 is 2.73 bits per heavy atom. The average molecular weight is 352 g/mol. The molecular formula is C18H20N6O2. The van der Waals surface area contributed by atoms with Crippen molar-refractivity contribution in [1.82, 2.24) is 24.3 Å². The van der Waals surface area contributed by atoms with Gasteiger partial charge >= 0.3 is 0 Å². The molecule has 1 amide bonds. The number of nitrogens with zero attached hydrogens (tertiary/aromatic N) is 6. The van der Waals surface area contributed by atoms with E-state index in [0.717, 1.165) is 35.8 Å². The molecule has 8 heteroatoms. The Hall–Kier alpha value is -3.00. The highest BCUT2D eigenvalue weighted by molar-refractivity contribution is 5.78. The largest absolute Gasteiger partial charge is 0.375 e. The molecule has 0 N–H and O–H groups in total. The van der Waals surface area contributed by atoms with E-state index in [2.05, 4.69) is 19.9 Å². The van der Waals surface area contributed by atoms with Crippen molar-refractivity contribution in [2.75, 3.05) is 44.8 Å². The summed E-state index contributed by atoms with van der Waals surface area (Å²) in [4.78, 5) is 29.3. The molecular weight excluding hydrogens is 332 g/mol. The molecule has 134 valence electrons. The zero-order valence-corrected chi connectivity index (χ0v) is 14.6. The quantitative estimate of drug-likeness (QED) is 0.700. The summed E-state index contributed by atoms with van der Waals surface area (Å²) >= 11 is 0. The summed E-state index contributed by atoms with van der Waals surface area (Å²) in [6, 6.07) is 3.92. The number of ether oxygens (including phenoxy) is 1. The van der Waals surface area contributed by atoms with Gasteiger partial charge in [-0.2, -0.15) is 0 Å². The van der Waals surface area contributed by atoms with Crippen LogP contribution in [0.15, 0.2) is 43.1 Å². The fraction of sp³-hybridized carbons (Fsp3) is 0.333. The third kappa shape index (κ3) is 2.99. The normalized spacial score (nSPS) is 14.8. The first-order chi connectivity index (χ1) is 12.8. The highest BCUT2D eigenvalue weighted by atomic mass is 16.5. The maximum Gasteiger partial charge on any atom is 0.248 e. The fourth-order valence-corrected chi connectivity index (χ4v) is 3.24. The van der Waals surface area contributed by atoms with Crippen molar-refractivity contribution in [1.29, 1.82) is 0 Å². The van der Waals surface area contributed by atoms with Crippen LogP contribution in [0.1, 0.15) is 0 Å². The fourth-order valence-electron chi connectivity index (χ4n) is 3.24. The number of imidazole rings is 1. The predicted molar refractivity (Wildman–Crippen MR) is 96.9 cm³/mol. The third-order valence-corrected chi connectivity index (χ3v) is 4.57. The highest BCUT2D eigenvalue weighted by Gasteiger charge is 2.23. The number of aromatic nitrogens is 4. The van der Waals surface area contributed by atoms with Crippen molar-refractivity contribution in [3.63, 3.8) is 0 Å². The molecule has 8 nitrogen and oxygen atoms in total. The Morgan fingerprint density at radius 1 is 1.15 bits per heavy atom. The molecule has 4 heterocycles. The molecule has 3 aromatic heterocycles. The Morgan fingerprint density at radius 2 is 2.00 bits per heavy atom. The van der Waals surface area contributed by atoms with Crippen LogP contribution < -0.4 is 4.90 Å². The number of fused-ring (bicyclic) bond motifs is 1. The van der Waals surface area contributed by atoms with Crippen molar-refractivity contribution in [3.8, 4) is 11.3 Å². The molecule has 4 rings (SSSR count). The van der Waals surface area contributed by atoms with Crippen LogP contribution in [0.5, 0.6) is 0 Å². The van der Waals surface area contributed by atoms with Gasteiger partial charge in [0.05, 0.1) is 11.9 Å². The molecule has 3 aromatic rings. The van der Waals surface area contributed by atoms with Crippen LogP contribution in [-0.4, -0.2) is 70.1 Å². The molecule has 0 saturated carbocycles. The predicted octanol–water partition coefficient (Wildman–Crippen LogP) is 1.09. The Bertz CT molecular complexity index is 902. The maximum atomic E-state index is 12.0. The lowest BCUT2D eigenvalue weighted by molar-refractivity contribution is -0.135. The second-order valence-corrected chi connectivity index (χ2v) is 6.13. The van der Waals surface area contributed by atoms with Crippen molar-refractivity contribution in [2.45, 2.75) is 0 Å². The highest BCUT2D eigenvalue weighted by Crippen LogP contribution is 2.25. The minimum Gasteiger partial charge on any atom is -0.375 e. The van der Waals surface area contributed by atoms with E-state index in [9.17, 15) is 4.79 Å². The zero-order chi connectivity index (χ0) is 17.9. The lowest BCUT2D eigenvalue weighted by Gasteiger charge is -2.35. The Kier molecular flexibility index (Phi) is 4.49. The molecule has 0 spiro atoms. The van der Waals surface area contributed by atoms with E-state index in [1.165, 1.54) is 7.11 Å². The van der Waals surface area contributed by atoms with Gasteiger partial charge in [0.2, 0.25) is 5.91 Å². The number of amides is 1. The third-order valence-electron chi connectivity index (χ3n) is 4.57. The van der Waals surface area contributed by atoms with Crippen molar-refractivity contribution >= 4 is 17.4 Å². The summed E-state index contributed by atoms with van der Waals surface area (Å²) in [5, 5.41) is 0. The molecule has 26 heavy (non-hydrogen) atoms. The van der Waals surface area contributed by atoms with Gasteiger partial charge in [-0.3, -0.25) is 14.2 Å². The van der Waals surface area contributed by atoms with Gasteiger partial charge in [-0.25, -0.2) is 9.97 Å². The monoisotopic (exact) mass is 352 g/mol. The Balaban J connectivity index is 1.59. The van der Waals surface area contributed by atoms with Crippen LogP contribution in [0.2, 0.25) is 0 Å². The van der Waals surface area contributed by atoms with Crippen molar-refractivity contribution in [2.24, 2.45) is 0 Å². The molecule has 1 fully saturated rings. The van der Waals surface area contributed by atoms with E-state index in [-0.39, 0.29) is 12.5 Å². The molecule has 1 aliphatic rings. The van der Waals surface area contributed by atoms with E-state index < -0.39 is 0 Å². The molecule has 0 aliphatic carbocycles. The van der Waals surface area contributed by atoms with Gasteiger partial charge in [-0.05, 0) is 12.1 Å². The standard InChI is InChI=1S/C18H20N6O2/c1-26-13-16(25)22-7-9-23(10-8-22)17-18-21-12-15(24(18)6-5-20-17)14-3-2-4-19-11-14/h2-6,11-12H,7-10,13H2,1H3. The number of hydrogen-bond acceptors (Lipinski definition) is 6. The number of piperazine rings is 1. The van der Waals surface area contributed by atoms with Crippen molar-refractivity contribution in [3.05, 3.63) is 43.1 Å². The molecule has 0 atom stereocenters. The number of pyridine rings is 1. The van der Waals surface area contributed by atoms with Crippen LogP contribution in [0, 0.1) is 0 Å². The lowest BCUT2D eigenvalue weighted by atomic mass is 10.2. The topological polar surface area (TPSA) is 75.9 Å². The van der Waals surface area contributed by atoms with Crippen LogP contribution in [0.3, 0.4) is 0 Å². The zero-order valence-electron chi connectivity index (χ0n) is 14.6. The number of anilines is 1. The van der Waals surface area contributed by atoms with Crippen LogP contribution in [-0.2, 0) is 9.53 Å². The molecule has 0 radical (unpaired) electrons. The number of rotatable bonds is 4. The summed E-state index contributed by atoms with van der Waals surface area (Å²) < 4.78 is 6.96. The number of methoxy groups -OCH3 is 1. The van der Waals surface area contributed by atoms with Gasteiger partial charge in [-0.1, -0.05) is 0 Å². The SMILES string of the molecule is COCC(=O)N1CCN(c2nccn3c(-c4cccnc4)cnc23)CC1. The molecule has 0 bridgehead atoms. The molecule has 0 aromatic carbocycles. The summed E-state index contributed by atoms with van der Waals surface area (Å²) in [5.74, 6) is 0.861. The van der Waals surface area contributed by atoms with Gasteiger partial charge in [-0.15, -0.1) is 0 Å². The first-order valence-corrected chi connectivity index (χ1v) is 8.52. The molecule has 0 unspecified atom stereocenters. The van der Waals surface area contributed by atoms with Gasteiger partial charge in [0, 0.05) is 63.6 Å². The van der Waals surface area contributed by atoms with Crippen LogP contribution in [0.4, 0.5) is 5.82 Å². The summed E-state index contributed by atoms with van der Waals surface area (Å²) in [6.45, 7) is 2.87. The van der Waals surface area contributed by atoms with E-state index in [1.54, 1.807) is 12.4 Å². The second-order valence-electron chi connectivity index (χ2n) is 6.13. The second kappa shape index (κ2) is 7.09. The van der Waals surface area contributed by atoms with Crippen molar-refractivity contribution < 1.29 is 9.53 Å². The van der Waals surface area contributed by atoms with E-state index in [4.69, 9.17) is 4.74 Å². The number of carbonyl (C=O) groups excluding carboxylic acids is 1.